The van der Waals surface area contributed by atoms with Crippen LogP contribution in [0.4, 0.5) is 14.5 Å². The number of halogens is 2. The number of hydrogen-bond donors (Lipinski definition) is 1. The quantitative estimate of drug-likeness (QED) is 0.155. The zero-order valence-corrected chi connectivity index (χ0v) is 27.0. The molecule has 0 aromatic heterocycles. The summed E-state index contributed by atoms with van der Waals surface area (Å²) in [6, 6.07) is 19.5. The van der Waals surface area contributed by atoms with Crippen LogP contribution in [0, 0.1) is 17.6 Å². The van der Waals surface area contributed by atoms with E-state index in [0.29, 0.717) is 43.7 Å². The molecule has 0 aliphatic carbocycles. The number of amides is 1. The largest absolute Gasteiger partial charge is 0.388 e. The minimum atomic E-state index is -0.820. The highest BCUT2D eigenvalue weighted by Crippen LogP contribution is 2.46. The number of benzene rings is 3. The standard InChI is InChI=1S/C37H45F2N2O5/c1-41(2,3)22-4-5-32(42)23-46-37(24-45-25-37)21-20-26-6-8-28(9-7-26)35-33(18-19-34(43)27-10-12-29(38)13-11-27)36(44)40(35)31-16-14-30(39)15-17-31/h6-17,33-35,43H,4-5,18-25H2,1-3H3/q+1/t33-,34+,35-/m1/s1. The number of rotatable bonds is 16. The number of anilines is 1. The molecule has 1 amide bonds. The molecule has 2 fully saturated rings. The van der Waals surface area contributed by atoms with Gasteiger partial charge in [-0.15, -0.1) is 0 Å². The number of quaternary nitrogens is 1. The van der Waals surface area contributed by atoms with E-state index < -0.39 is 11.7 Å². The number of aliphatic hydroxyl groups excluding tert-OH is 1. The molecular weight excluding hydrogens is 590 g/mol. The summed E-state index contributed by atoms with van der Waals surface area (Å²) in [7, 11) is 6.34. The maximum atomic E-state index is 13.7. The Balaban J connectivity index is 1.21. The first kappa shape index (κ1) is 33.9. The summed E-state index contributed by atoms with van der Waals surface area (Å²) in [5.41, 5.74) is 2.82. The molecule has 2 aliphatic heterocycles. The summed E-state index contributed by atoms with van der Waals surface area (Å²) in [5.74, 6) is -1.08. The van der Waals surface area contributed by atoms with Crippen molar-refractivity contribution in [1.29, 1.82) is 0 Å². The van der Waals surface area contributed by atoms with Crippen molar-refractivity contribution in [2.75, 3.05) is 52.4 Å². The highest BCUT2D eigenvalue weighted by molar-refractivity contribution is 6.03. The molecule has 1 N–H and O–H groups in total. The molecule has 0 radical (unpaired) electrons. The van der Waals surface area contributed by atoms with Crippen LogP contribution in [0.1, 0.15) is 60.9 Å². The molecule has 0 saturated carbocycles. The number of β-lactam (4-membered cyclic amide) rings is 1. The van der Waals surface area contributed by atoms with Gasteiger partial charge in [0.2, 0.25) is 5.91 Å². The molecule has 0 unspecified atom stereocenters. The second-order valence-electron chi connectivity index (χ2n) is 13.7. The van der Waals surface area contributed by atoms with Gasteiger partial charge in [-0.05, 0) is 78.8 Å². The number of ether oxygens (including phenoxy) is 2. The zero-order valence-electron chi connectivity index (χ0n) is 27.0. The second kappa shape index (κ2) is 14.5. The summed E-state index contributed by atoms with van der Waals surface area (Å²) in [6.45, 7) is 1.98. The highest BCUT2D eigenvalue weighted by atomic mass is 19.1. The average Bonchev–Trinajstić information content (AvgIpc) is 3.00. The number of nitrogens with zero attached hydrogens (tertiary/aromatic N) is 2. The lowest BCUT2D eigenvalue weighted by atomic mass is 9.78. The van der Waals surface area contributed by atoms with Crippen LogP contribution in [0.25, 0.3) is 0 Å². The summed E-state index contributed by atoms with van der Waals surface area (Å²) in [5, 5.41) is 10.7. The first-order chi connectivity index (χ1) is 21.9. The molecular formula is C37H45F2N2O5+. The van der Waals surface area contributed by atoms with E-state index >= 15 is 0 Å². The molecule has 0 spiro atoms. The van der Waals surface area contributed by atoms with Gasteiger partial charge in [-0.25, -0.2) is 8.78 Å². The van der Waals surface area contributed by atoms with Crippen molar-refractivity contribution in [3.05, 3.63) is 101 Å². The first-order valence-corrected chi connectivity index (χ1v) is 16.1. The van der Waals surface area contributed by atoms with E-state index in [9.17, 15) is 23.5 Å². The maximum absolute atomic E-state index is 13.7. The Morgan fingerprint density at radius 2 is 1.63 bits per heavy atom. The maximum Gasteiger partial charge on any atom is 0.233 e. The lowest BCUT2D eigenvalue weighted by Gasteiger charge is -2.48. The average molecular weight is 636 g/mol. The van der Waals surface area contributed by atoms with E-state index in [1.165, 1.54) is 24.3 Å². The van der Waals surface area contributed by atoms with Crippen LogP contribution in [-0.4, -0.2) is 74.4 Å². The smallest absolute Gasteiger partial charge is 0.233 e. The third kappa shape index (κ3) is 8.45. The molecule has 3 aromatic carbocycles. The van der Waals surface area contributed by atoms with Crippen LogP contribution < -0.4 is 4.90 Å². The van der Waals surface area contributed by atoms with Crippen molar-refractivity contribution in [3.63, 3.8) is 0 Å². The van der Waals surface area contributed by atoms with Crippen molar-refractivity contribution < 1.29 is 37.4 Å². The minimum absolute atomic E-state index is 0.0805. The van der Waals surface area contributed by atoms with E-state index in [0.717, 1.165) is 41.4 Å². The third-order valence-electron chi connectivity index (χ3n) is 9.07. The predicted octanol–water partition coefficient (Wildman–Crippen LogP) is 5.96. The number of carbonyl (C=O) groups is 2. The molecule has 2 saturated heterocycles. The summed E-state index contributed by atoms with van der Waals surface area (Å²) >= 11 is 0. The molecule has 2 aliphatic rings. The molecule has 7 nitrogen and oxygen atoms in total. The molecule has 9 heteroatoms. The highest BCUT2D eigenvalue weighted by Gasteiger charge is 2.48. The molecule has 46 heavy (non-hydrogen) atoms. The van der Waals surface area contributed by atoms with Crippen LogP contribution in [0.3, 0.4) is 0 Å². The van der Waals surface area contributed by atoms with Gasteiger partial charge >= 0.3 is 0 Å². The summed E-state index contributed by atoms with van der Waals surface area (Å²) in [4.78, 5) is 27.5. The third-order valence-corrected chi connectivity index (χ3v) is 9.07. The topological polar surface area (TPSA) is 76.1 Å². The Morgan fingerprint density at radius 1 is 1.00 bits per heavy atom. The lowest BCUT2D eigenvalue weighted by Crippen LogP contribution is -2.55. The summed E-state index contributed by atoms with van der Waals surface area (Å²) in [6.07, 6.45) is 2.79. The van der Waals surface area contributed by atoms with Gasteiger partial charge in [-0.2, -0.15) is 0 Å². The Labute approximate surface area is 270 Å². The fourth-order valence-corrected chi connectivity index (χ4v) is 6.23. The molecule has 246 valence electrons. The lowest BCUT2D eigenvalue weighted by molar-refractivity contribution is -0.870. The van der Waals surface area contributed by atoms with Crippen molar-refractivity contribution >= 4 is 17.4 Å². The predicted molar refractivity (Wildman–Crippen MR) is 172 cm³/mol. The molecule has 0 bridgehead atoms. The van der Waals surface area contributed by atoms with Crippen LogP contribution in [0.5, 0.6) is 0 Å². The van der Waals surface area contributed by atoms with Gasteiger partial charge in [0.1, 0.15) is 23.8 Å². The Bertz CT molecular complexity index is 1470. The van der Waals surface area contributed by atoms with Crippen molar-refractivity contribution in [3.8, 4) is 0 Å². The Hall–Kier alpha value is -3.50. The fourth-order valence-electron chi connectivity index (χ4n) is 6.23. The van der Waals surface area contributed by atoms with Crippen LogP contribution >= 0.6 is 0 Å². The number of aryl methyl sites for hydroxylation is 1. The number of hydrogen-bond acceptors (Lipinski definition) is 5. The van der Waals surface area contributed by atoms with Crippen LogP contribution in [0.2, 0.25) is 0 Å². The van der Waals surface area contributed by atoms with Gasteiger partial charge in [0.15, 0.2) is 5.78 Å². The first-order valence-electron chi connectivity index (χ1n) is 16.1. The number of carbonyl (C=O) groups excluding carboxylic acids is 2. The van der Waals surface area contributed by atoms with E-state index in [-0.39, 0.29) is 41.9 Å². The van der Waals surface area contributed by atoms with E-state index in [1.54, 1.807) is 29.2 Å². The minimum Gasteiger partial charge on any atom is -0.388 e. The van der Waals surface area contributed by atoms with Crippen LogP contribution in [0.15, 0.2) is 72.8 Å². The van der Waals surface area contributed by atoms with E-state index in [4.69, 9.17) is 9.47 Å². The van der Waals surface area contributed by atoms with E-state index in [2.05, 4.69) is 33.3 Å². The van der Waals surface area contributed by atoms with Crippen molar-refractivity contribution in [2.45, 2.75) is 56.3 Å². The van der Waals surface area contributed by atoms with Gasteiger partial charge in [0, 0.05) is 18.5 Å². The van der Waals surface area contributed by atoms with Gasteiger partial charge in [-0.1, -0.05) is 36.4 Å². The zero-order chi connectivity index (χ0) is 32.9. The fraction of sp³-hybridized carbons (Fsp3) is 0.459. The van der Waals surface area contributed by atoms with E-state index in [1.807, 2.05) is 12.1 Å². The molecule has 2 heterocycles. The van der Waals surface area contributed by atoms with Crippen LogP contribution in [-0.2, 0) is 25.5 Å². The number of aliphatic hydroxyl groups is 1. The number of ketones is 1. The number of Topliss-reactive ketones (excluding diaryl/α,β-unsaturated/α-hetero) is 1. The van der Waals surface area contributed by atoms with Gasteiger partial charge < -0.3 is 24.0 Å². The molecule has 3 aromatic rings. The van der Waals surface area contributed by atoms with Gasteiger partial charge in [-0.3, -0.25) is 9.59 Å². The Kier molecular flexibility index (Phi) is 10.7. The second-order valence-corrected chi connectivity index (χ2v) is 13.7. The SMILES string of the molecule is C[N+](C)(C)CCCC(=O)COC1(CCc2ccc([C@@H]3[C@@H](CC[C@H](O)c4ccc(F)cc4)C(=O)N3c3ccc(F)cc3)cc2)COC1. The molecule has 3 atom stereocenters. The van der Waals surface area contributed by atoms with Gasteiger partial charge in [0.25, 0.3) is 0 Å². The van der Waals surface area contributed by atoms with Crippen molar-refractivity contribution in [1.82, 2.24) is 0 Å². The monoisotopic (exact) mass is 635 g/mol. The van der Waals surface area contributed by atoms with Gasteiger partial charge in [0.05, 0.1) is 59.0 Å². The summed E-state index contributed by atoms with van der Waals surface area (Å²) < 4.78 is 39.5. The Morgan fingerprint density at radius 3 is 2.22 bits per heavy atom. The normalized spacial score (nSPS) is 19.8. The molecule has 5 rings (SSSR count). The van der Waals surface area contributed by atoms with Crippen molar-refractivity contribution in [2.24, 2.45) is 5.92 Å².